The van der Waals surface area contributed by atoms with Gasteiger partial charge in [-0.05, 0) is 6.07 Å². The normalized spacial score (nSPS) is 10.4. The highest BCUT2D eigenvalue weighted by Gasteiger charge is 2.09. The molecule has 0 saturated heterocycles. The lowest BCUT2D eigenvalue weighted by Gasteiger charge is -2.03. The molecular formula is C11H11NO2. The van der Waals surface area contributed by atoms with Crippen molar-refractivity contribution < 1.29 is 9.53 Å². The number of ether oxygens (including phenoxy) is 1. The van der Waals surface area contributed by atoms with Gasteiger partial charge >= 0.3 is 0 Å². The quantitative estimate of drug-likeness (QED) is 0.676. The third kappa shape index (κ3) is 1.09. The van der Waals surface area contributed by atoms with Crippen molar-refractivity contribution >= 4 is 17.2 Å². The van der Waals surface area contributed by atoms with E-state index in [1.165, 1.54) is 0 Å². The van der Waals surface area contributed by atoms with E-state index in [2.05, 4.69) is 0 Å². The summed E-state index contributed by atoms with van der Waals surface area (Å²) < 4.78 is 7.13. The van der Waals surface area contributed by atoms with Crippen molar-refractivity contribution in [3.8, 4) is 5.75 Å². The first-order chi connectivity index (χ1) is 6.77. The highest BCUT2D eigenvalue weighted by molar-refractivity contribution is 6.00. The molecule has 0 aliphatic rings. The van der Waals surface area contributed by atoms with Gasteiger partial charge in [-0.2, -0.15) is 0 Å². The largest absolute Gasteiger partial charge is 0.495 e. The average molecular weight is 189 g/mol. The van der Waals surface area contributed by atoms with E-state index in [1.54, 1.807) is 13.3 Å². The maximum absolute atomic E-state index is 10.8. The van der Waals surface area contributed by atoms with Crippen molar-refractivity contribution in [2.75, 3.05) is 7.11 Å². The zero-order valence-electron chi connectivity index (χ0n) is 8.15. The second-order valence-electron chi connectivity index (χ2n) is 3.17. The Hall–Kier alpha value is -1.77. The number of nitrogens with zero attached hydrogens (tertiary/aromatic N) is 1. The number of aryl methyl sites for hydroxylation is 1. The second-order valence-corrected chi connectivity index (χ2v) is 3.17. The Balaban J connectivity index is 2.87. The second kappa shape index (κ2) is 3.18. The molecule has 1 aromatic carbocycles. The number of hydrogen-bond donors (Lipinski definition) is 0. The zero-order chi connectivity index (χ0) is 10.1. The molecule has 1 aromatic heterocycles. The molecule has 0 N–H and O–H groups in total. The number of methoxy groups -OCH3 is 1. The smallest absolute Gasteiger partial charge is 0.152 e. The molecule has 0 fully saturated rings. The van der Waals surface area contributed by atoms with Gasteiger partial charge in [-0.15, -0.1) is 0 Å². The lowest BCUT2D eigenvalue weighted by molar-refractivity contribution is 0.112. The van der Waals surface area contributed by atoms with E-state index >= 15 is 0 Å². The highest BCUT2D eigenvalue weighted by atomic mass is 16.5. The maximum atomic E-state index is 10.8. The number of para-hydroxylation sites is 1. The molecule has 2 rings (SSSR count). The molecule has 1 heterocycles. The Labute approximate surface area is 81.9 Å². The van der Waals surface area contributed by atoms with Crippen molar-refractivity contribution in [2.45, 2.75) is 0 Å². The van der Waals surface area contributed by atoms with E-state index in [4.69, 9.17) is 4.74 Å². The van der Waals surface area contributed by atoms with Gasteiger partial charge in [0.15, 0.2) is 6.29 Å². The first-order valence-electron chi connectivity index (χ1n) is 4.35. The monoisotopic (exact) mass is 189 g/mol. The number of carbonyl (C=O) groups excluding carboxylic acids is 1. The van der Waals surface area contributed by atoms with Crippen LogP contribution in [0.5, 0.6) is 5.75 Å². The molecule has 72 valence electrons. The van der Waals surface area contributed by atoms with Crippen LogP contribution in [0.3, 0.4) is 0 Å². The van der Waals surface area contributed by atoms with Gasteiger partial charge in [0, 0.05) is 24.2 Å². The lowest BCUT2D eigenvalue weighted by atomic mass is 10.2. The summed E-state index contributed by atoms with van der Waals surface area (Å²) in [4.78, 5) is 10.8. The minimum Gasteiger partial charge on any atom is -0.495 e. The summed E-state index contributed by atoms with van der Waals surface area (Å²) in [6.07, 6.45) is 2.67. The van der Waals surface area contributed by atoms with E-state index in [-0.39, 0.29) is 0 Å². The number of benzene rings is 1. The molecular weight excluding hydrogens is 178 g/mol. The Morgan fingerprint density at radius 2 is 2.21 bits per heavy atom. The van der Waals surface area contributed by atoms with Crippen LogP contribution in [-0.2, 0) is 7.05 Å². The summed E-state index contributed by atoms with van der Waals surface area (Å²) in [5, 5.41) is 0.932. The summed E-state index contributed by atoms with van der Waals surface area (Å²) >= 11 is 0. The fourth-order valence-electron chi connectivity index (χ4n) is 1.72. The van der Waals surface area contributed by atoms with Crippen molar-refractivity contribution in [3.05, 3.63) is 30.0 Å². The molecule has 0 saturated carbocycles. The molecule has 0 amide bonds. The van der Waals surface area contributed by atoms with E-state index in [0.29, 0.717) is 5.56 Å². The summed E-state index contributed by atoms with van der Waals surface area (Å²) in [5.41, 5.74) is 1.65. The molecule has 3 nitrogen and oxygen atoms in total. The topological polar surface area (TPSA) is 31.2 Å². The molecule has 0 aliphatic carbocycles. The Morgan fingerprint density at radius 3 is 2.86 bits per heavy atom. The van der Waals surface area contributed by atoms with Gasteiger partial charge in [0.1, 0.15) is 5.75 Å². The molecule has 0 bridgehead atoms. The van der Waals surface area contributed by atoms with Crippen LogP contribution in [0, 0.1) is 0 Å². The molecule has 0 atom stereocenters. The molecule has 0 spiro atoms. The van der Waals surface area contributed by atoms with Crippen molar-refractivity contribution in [3.63, 3.8) is 0 Å². The Morgan fingerprint density at radius 1 is 1.43 bits per heavy atom. The van der Waals surface area contributed by atoms with Crippen LogP contribution in [0.1, 0.15) is 10.4 Å². The van der Waals surface area contributed by atoms with E-state index < -0.39 is 0 Å². The highest BCUT2D eigenvalue weighted by Crippen LogP contribution is 2.27. The van der Waals surface area contributed by atoms with Gasteiger partial charge < -0.3 is 9.30 Å². The first-order valence-corrected chi connectivity index (χ1v) is 4.35. The van der Waals surface area contributed by atoms with E-state index in [9.17, 15) is 4.79 Å². The van der Waals surface area contributed by atoms with Crippen molar-refractivity contribution in [2.24, 2.45) is 7.05 Å². The molecule has 0 aliphatic heterocycles. The van der Waals surface area contributed by atoms with Crippen LogP contribution < -0.4 is 4.74 Å². The SMILES string of the molecule is COc1cccc2c(C=O)cn(C)c12. The van der Waals surface area contributed by atoms with Gasteiger partial charge in [-0.25, -0.2) is 0 Å². The predicted molar refractivity (Wildman–Crippen MR) is 54.9 cm³/mol. The van der Waals surface area contributed by atoms with Crippen molar-refractivity contribution in [1.82, 2.24) is 4.57 Å². The zero-order valence-corrected chi connectivity index (χ0v) is 8.15. The molecule has 2 aromatic rings. The molecule has 0 unspecified atom stereocenters. The standard InChI is InChI=1S/C11H11NO2/c1-12-6-8(7-13)9-4-3-5-10(14-2)11(9)12/h3-7H,1-2H3. The summed E-state index contributed by atoms with van der Waals surface area (Å²) in [5.74, 6) is 0.790. The maximum Gasteiger partial charge on any atom is 0.152 e. The van der Waals surface area contributed by atoms with Gasteiger partial charge in [-0.1, -0.05) is 12.1 Å². The van der Waals surface area contributed by atoms with Crippen LogP contribution in [0.4, 0.5) is 0 Å². The Kier molecular flexibility index (Phi) is 2.00. The lowest BCUT2D eigenvalue weighted by Crippen LogP contribution is -1.89. The third-order valence-corrected chi connectivity index (χ3v) is 2.34. The molecule has 14 heavy (non-hydrogen) atoms. The van der Waals surface area contributed by atoms with Crippen molar-refractivity contribution in [1.29, 1.82) is 0 Å². The van der Waals surface area contributed by atoms with Crippen LogP contribution in [0.25, 0.3) is 10.9 Å². The number of aldehydes is 1. The molecule has 3 heteroatoms. The van der Waals surface area contributed by atoms with Crippen LogP contribution in [-0.4, -0.2) is 18.0 Å². The van der Waals surface area contributed by atoms with Gasteiger partial charge in [0.05, 0.1) is 12.6 Å². The Bertz CT molecular complexity index is 485. The first kappa shape index (κ1) is 8.81. The minimum atomic E-state index is 0.696. The number of aromatic nitrogens is 1. The predicted octanol–water partition coefficient (Wildman–Crippen LogP) is 2.00. The summed E-state index contributed by atoms with van der Waals surface area (Å²) in [7, 11) is 3.53. The third-order valence-electron chi connectivity index (χ3n) is 2.34. The molecule has 0 radical (unpaired) electrons. The fourth-order valence-corrected chi connectivity index (χ4v) is 1.72. The van der Waals surface area contributed by atoms with Gasteiger partial charge in [-0.3, -0.25) is 4.79 Å². The minimum absolute atomic E-state index is 0.696. The van der Waals surface area contributed by atoms with Crippen LogP contribution in [0.15, 0.2) is 24.4 Å². The summed E-state index contributed by atoms with van der Waals surface area (Å²) in [6, 6.07) is 5.69. The fraction of sp³-hybridized carbons (Fsp3) is 0.182. The number of rotatable bonds is 2. The van der Waals surface area contributed by atoms with Gasteiger partial charge in [0.2, 0.25) is 0 Å². The van der Waals surface area contributed by atoms with Crippen LogP contribution in [0.2, 0.25) is 0 Å². The summed E-state index contributed by atoms with van der Waals surface area (Å²) in [6.45, 7) is 0. The number of carbonyl (C=O) groups is 1. The van der Waals surface area contributed by atoms with Crippen LogP contribution >= 0.6 is 0 Å². The van der Waals surface area contributed by atoms with E-state index in [1.807, 2.05) is 29.8 Å². The van der Waals surface area contributed by atoms with E-state index in [0.717, 1.165) is 22.9 Å². The van der Waals surface area contributed by atoms with Gasteiger partial charge in [0.25, 0.3) is 0 Å². The average Bonchev–Trinajstić information content (AvgIpc) is 2.55. The number of hydrogen-bond acceptors (Lipinski definition) is 2. The number of fused-ring (bicyclic) bond motifs is 1.